The molecule has 1 saturated carbocycles. The van der Waals surface area contributed by atoms with Gasteiger partial charge >= 0.3 is 0 Å². The number of amides is 1. The summed E-state index contributed by atoms with van der Waals surface area (Å²) in [7, 11) is 0. The van der Waals surface area contributed by atoms with Gasteiger partial charge in [-0.25, -0.2) is 4.39 Å². The Bertz CT molecular complexity index is 1010. The standard InChI is InChI=1S/C19H16FN3O2/c20-13-5-3-4-12(8-13)15-9-16(15)22-19(25)11-23-17-7-2-1-6-14(17)18(24)10-21-23/h1-8,10,15-16H,9,11H2,(H,22,25)/t15-,16-/m0/s1. The van der Waals surface area contributed by atoms with E-state index in [1.165, 1.54) is 23.0 Å². The number of halogens is 1. The summed E-state index contributed by atoms with van der Waals surface area (Å²) in [6, 6.07) is 13.5. The Labute approximate surface area is 143 Å². The molecule has 1 heterocycles. The Morgan fingerprint density at radius 2 is 2.08 bits per heavy atom. The lowest BCUT2D eigenvalue weighted by Gasteiger charge is -2.10. The predicted octanol–water partition coefficient (Wildman–Crippen LogP) is 2.21. The second kappa shape index (κ2) is 6.12. The second-order valence-electron chi connectivity index (χ2n) is 6.25. The van der Waals surface area contributed by atoms with Crippen LogP contribution in [0.25, 0.3) is 10.9 Å². The summed E-state index contributed by atoms with van der Waals surface area (Å²) in [5.74, 6) is -0.290. The zero-order valence-corrected chi connectivity index (χ0v) is 13.4. The van der Waals surface area contributed by atoms with Gasteiger partial charge < -0.3 is 5.32 Å². The molecule has 3 aromatic rings. The fourth-order valence-corrected chi connectivity index (χ4v) is 3.14. The van der Waals surface area contributed by atoms with Gasteiger partial charge in [-0.3, -0.25) is 14.3 Å². The highest BCUT2D eigenvalue weighted by Crippen LogP contribution is 2.40. The number of hydrogen-bond donors (Lipinski definition) is 1. The van der Waals surface area contributed by atoms with Crippen LogP contribution in [-0.2, 0) is 11.3 Å². The van der Waals surface area contributed by atoms with E-state index in [4.69, 9.17) is 0 Å². The van der Waals surface area contributed by atoms with E-state index in [1.807, 2.05) is 6.07 Å². The molecule has 1 aromatic heterocycles. The maximum Gasteiger partial charge on any atom is 0.241 e. The van der Waals surface area contributed by atoms with Crippen LogP contribution in [0, 0.1) is 5.82 Å². The first kappa shape index (κ1) is 15.5. The van der Waals surface area contributed by atoms with Crippen molar-refractivity contribution in [3.8, 4) is 0 Å². The van der Waals surface area contributed by atoms with E-state index in [9.17, 15) is 14.0 Å². The van der Waals surface area contributed by atoms with E-state index in [0.29, 0.717) is 10.9 Å². The number of benzene rings is 2. The summed E-state index contributed by atoms with van der Waals surface area (Å²) in [4.78, 5) is 24.1. The van der Waals surface area contributed by atoms with Crippen molar-refractivity contribution in [2.24, 2.45) is 0 Å². The van der Waals surface area contributed by atoms with E-state index in [2.05, 4.69) is 10.4 Å². The van der Waals surface area contributed by atoms with Gasteiger partial charge in [-0.2, -0.15) is 5.10 Å². The average Bonchev–Trinajstić information content (AvgIpc) is 3.37. The van der Waals surface area contributed by atoms with Gasteiger partial charge in [0, 0.05) is 17.3 Å². The van der Waals surface area contributed by atoms with Crippen LogP contribution >= 0.6 is 0 Å². The van der Waals surface area contributed by atoms with Gasteiger partial charge in [0.1, 0.15) is 12.4 Å². The summed E-state index contributed by atoms with van der Waals surface area (Å²) in [6.07, 6.45) is 2.02. The number of hydrogen-bond acceptors (Lipinski definition) is 3. The molecule has 6 heteroatoms. The molecule has 2 aromatic carbocycles. The van der Waals surface area contributed by atoms with E-state index < -0.39 is 0 Å². The number of fused-ring (bicyclic) bond motifs is 1. The molecule has 4 rings (SSSR count). The number of carbonyl (C=O) groups excluding carboxylic acids is 1. The van der Waals surface area contributed by atoms with Crippen molar-refractivity contribution in [1.82, 2.24) is 15.1 Å². The minimum absolute atomic E-state index is 0.0138. The number of rotatable bonds is 4. The van der Waals surface area contributed by atoms with Gasteiger partial charge in [0.15, 0.2) is 0 Å². The SMILES string of the molecule is O=C(Cn1ncc(=O)c2ccccc21)N[C@H]1C[C@H]1c1cccc(F)c1. The first-order valence-electron chi connectivity index (χ1n) is 8.11. The lowest BCUT2D eigenvalue weighted by Crippen LogP contribution is -2.31. The third kappa shape index (κ3) is 3.15. The summed E-state index contributed by atoms with van der Waals surface area (Å²) in [5, 5.41) is 7.54. The fraction of sp³-hybridized carbons (Fsp3) is 0.211. The first-order chi connectivity index (χ1) is 12.1. The van der Waals surface area contributed by atoms with Gasteiger partial charge in [-0.15, -0.1) is 0 Å². The van der Waals surface area contributed by atoms with Gasteiger partial charge in [-0.05, 0) is 36.2 Å². The Morgan fingerprint density at radius 1 is 1.24 bits per heavy atom. The van der Waals surface area contributed by atoms with Crippen LogP contribution in [0.3, 0.4) is 0 Å². The molecule has 1 aliphatic carbocycles. The molecule has 0 spiro atoms. The minimum Gasteiger partial charge on any atom is -0.351 e. The average molecular weight is 337 g/mol. The monoisotopic (exact) mass is 337 g/mol. The highest BCUT2D eigenvalue weighted by Gasteiger charge is 2.39. The molecule has 25 heavy (non-hydrogen) atoms. The normalized spacial score (nSPS) is 18.9. The molecule has 0 aliphatic heterocycles. The van der Waals surface area contributed by atoms with Crippen LogP contribution in [0.5, 0.6) is 0 Å². The molecule has 0 radical (unpaired) electrons. The van der Waals surface area contributed by atoms with Gasteiger partial charge in [0.25, 0.3) is 0 Å². The summed E-state index contributed by atoms with van der Waals surface area (Å²) < 4.78 is 14.8. The van der Waals surface area contributed by atoms with Crippen molar-refractivity contribution in [3.05, 3.63) is 76.3 Å². The van der Waals surface area contributed by atoms with Crippen molar-refractivity contribution in [3.63, 3.8) is 0 Å². The van der Waals surface area contributed by atoms with Crippen LogP contribution in [-0.4, -0.2) is 21.7 Å². The third-order valence-corrected chi connectivity index (χ3v) is 4.47. The molecule has 1 aliphatic rings. The molecule has 0 saturated heterocycles. The molecule has 2 atom stereocenters. The van der Waals surface area contributed by atoms with Crippen molar-refractivity contribution in [2.75, 3.05) is 0 Å². The summed E-state index contributed by atoms with van der Waals surface area (Å²) in [6.45, 7) is 0.0349. The van der Waals surface area contributed by atoms with Crippen molar-refractivity contribution < 1.29 is 9.18 Å². The number of nitrogens with one attached hydrogen (secondary N) is 1. The maximum absolute atomic E-state index is 13.3. The molecule has 0 bridgehead atoms. The van der Waals surface area contributed by atoms with Crippen molar-refractivity contribution in [1.29, 1.82) is 0 Å². The second-order valence-corrected chi connectivity index (χ2v) is 6.25. The van der Waals surface area contributed by atoms with E-state index in [1.54, 1.807) is 30.3 Å². The molecular weight excluding hydrogens is 321 g/mol. The Balaban J connectivity index is 1.46. The van der Waals surface area contributed by atoms with Crippen LogP contribution in [0.2, 0.25) is 0 Å². The van der Waals surface area contributed by atoms with E-state index >= 15 is 0 Å². The van der Waals surface area contributed by atoms with E-state index in [-0.39, 0.29) is 35.7 Å². The highest BCUT2D eigenvalue weighted by molar-refractivity contribution is 5.81. The van der Waals surface area contributed by atoms with Crippen LogP contribution in [0.4, 0.5) is 4.39 Å². The maximum atomic E-state index is 13.3. The van der Waals surface area contributed by atoms with Crippen molar-refractivity contribution in [2.45, 2.75) is 24.9 Å². The van der Waals surface area contributed by atoms with Crippen LogP contribution in [0.1, 0.15) is 17.9 Å². The summed E-state index contributed by atoms with van der Waals surface area (Å²) >= 11 is 0. The van der Waals surface area contributed by atoms with Crippen molar-refractivity contribution >= 4 is 16.8 Å². The quantitative estimate of drug-likeness (QED) is 0.794. The molecule has 1 amide bonds. The molecule has 126 valence electrons. The molecule has 1 fully saturated rings. The summed E-state index contributed by atoms with van der Waals surface area (Å²) in [5.41, 5.74) is 1.36. The third-order valence-electron chi connectivity index (χ3n) is 4.47. The molecule has 1 N–H and O–H groups in total. The van der Waals surface area contributed by atoms with Crippen LogP contribution < -0.4 is 10.7 Å². The van der Waals surface area contributed by atoms with Gasteiger partial charge in [0.2, 0.25) is 11.3 Å². The highest BCUT2D eigenvalue weighted by atomic mass is 19.1. The smallest absolute Gasteiger partial charge is 0.241 e. The number of para-hydroxylation sites is 1. The van der Waals surface area contributed by atoms with Gasteiger partial charge in [-0.1, -0.05) is 24.3 Å². The largest absolute Gasteiger partial charge is 0.351 e. The lowest BCUT2D eigenvalue weighted by atomic mass is 10.1. The number of nitrogens with zero attached hydrogens (tertiary/aromatic N) is 2. The number of aromatic nitrogens is 2. The van der Waals surface area contributed by atoms with E-state index in [0.717, 1.165) is 12.0 Å². The Kier molecular flexibility index (Phi) is 3.80. The Morgan fingerprint density at radius 3 is 2.92 bits per heavy atom. The first-order valence-corrected chi connectivity index (χ1v) is 8.11. The molecule has 0 unspecified atom stereocenters. The molecule has 5 nitrogen and oxygen atoms in total. The topological polar surface area (TPSA) is 64.0 Å². The number of carbonyl (C=O) groups is 1. The van der Waals surface area contributed by atoms with Crippen LogP contribution in [0.15, 0.2) is 59.5 Å². The predicted molar refractivity (Wildman–Crippen MR) is 91.7 cm³/mol. The lowest BCUT2D eigenvalue weighted by molar-refractivity contribution is -0.121. The fourth-order valence-electron chi connectivity index (χ4n) is 3.14. The van der Waals surface area contributed by atoms with Gasteiger partial charge in [0.05, 0.1) is 11.7 Å². The Hall–Kier alpha value is -3.02. The molecular formula is C19H16FN3O2. The minimum atomic E-state index is -0.265. The zero-order chi connectivity index (χ0) is 17.4. The zero-order valence-electron chi connectivity index (χ0n) is 13.4.